The van der Waals surface area contributed by atoms with Gasteiger partial charge in [0.05, 0.1) is 11.2 Å². The number of fused-ring (bicyclic) bond motifs is 1. The second-order valence-electron chi connectivity index (χ2n) is 6.20. The standard InChI is InChI=1S/C18H25N4O2/c1-3-19-9-6-18-16-12-15(4-5-17(16)20-21-18)24-14-7-10-22(11-8-14)13(2)23/h4-5,12,14,19H,1,3,6-11H2,2H3,(H,20,21). The minimum Gasteiger partial charge on any atom is -0.490 e. The Hall–Kier alpha value is -2.08. The fraction of sp³-hybridized carbons (Fsp3) is 0.500. The summed E-state index contributed by atoms with van der Waals surface area (Å²) in [6, 6.07) is 6.06. The molecule has 6 heteroatoms. The zero-order valence-electron chi connectivity index (χ0n) is 14.2. The number of piperidine rings is 1. The minimum atomic E-state index is 0.147. The monoisotopic (exact) mass is 329 g/mol. The highest BCUT2D eigenvalue weighted by atomic mass is 16.5. The summed E-state index contributed by atoms with van der Waals surface area (Å²) in [4.78, 5) is 13.3. The predicted octanol–water partition coefficient (Wildman–Crippen LogP) is 1.92. The molecule has 1 aliphatic rings. The van der Waals surface area contributed by atoms with E-state index >= 15 is 0 Å². The molecule has 0 atom stereocenters. The summed E-state index contributed by atoms with van der Waals surface area (Å²) in [7, 11) is 0. The maximum absolute atomic E-state index is 11.4. The highest BCUT2D eigenvalue weighted by molar-refractivity contribution is 5.82. The van der Waals surface area contributed by atoms with Gasteiger partial charge in [-0.1, -0.05) is 0 Å². The molecule has 1 aromatic carbocycles. The molecular formula is C18H25N4O2. The average Bonchev–Trinajstić information content (AvgIpc) is 2.98. The first-order valence-corrected chi connectivity index (χ1v) is 8.56. The zero-order valence-corrected chi connectivity index (χ0v) is 14.2. The van der Waals surface area contributed by atoms with Crippen LogP contribution in [0.2, 0.25) is 0 Å². The van der Waals surface area contributed by atoms with Crippen LogP contribution in [0.5, 0.6) is 5.75 Å². The second-order valence-corrected chi connectivity index (χ2v) is 6.20. The number of hydrogen-bond donors (Lipinski definition) is 2. The van der Waals surface area contributed by atoms with Crippen LogP contribution in [0.1, 0.15) is 25.5 Å². The summed E-state index contributed by atoms with van der Waals surface area (Å²) in [5.74, 6) is 1.02. The van der Waals surface area contributed by atoms with E-state index in [2.05, 4.69) is 28.5 Å². The van der Waals surface area contributed by atoms with Crippen LogP contribution >= 0.6 is 0 Å². The Kier molecular flexibility index (Phi) is 5.35. The molecule has 0 bridgehead atoms. The lowest BCUT2D eigenvalue weighted by atomic mass is 10.1. The summed E-state index contributed by atoms with van der Waals surface area (Å²) in [6.45, 7) is 8.53. The van der Waals surface area contributed by atoms with Gasteiger partial charge < -0.3 is 15.0 Å². The van der Waals surface area contributed by atoms with Crippen molar-refractivity contribution in [1.82, 2.24) is 20.4 Å². The van der Waals surface area contributed by atoms with Crippen molar-refractivity contribution in [1.29, 1.82) is 0 Å². The fourth-order valence-electron chi connectivity index (χ4n) is 3.12. The first-order chi connectivity index (χ1) is 11.7. The molecule has 2 aromatic rings. The van der Waals surface area contributed by atoms with Crippen molar-refractivity contribution in [3.05, 3.63) is 30.8 Å². The van der Waals surface area contributed by atoms with Crippen molar-refractivity contribution in [3.63, 3.8) is 0 Å². The fourth-order valence-corrected chi connectivity index (χ4v) is 3.12. The first kappa shape index (κ1) is 16.8. The van der Waals surface area contributed by atoms with E-state index in [4.69, 9.17) is 4.74 Å². The summed E-state index contributed by atoms with van der Waals surface area (Å²) in [6.07, 6.45) is 2.78. The quantitative estimate of drug-likeness (QED) is 0.795. The predicted molar refractivity (Wildman–Crippen MR) is 93.9 cm³/mol. The van der Waals surface area contributed by atoms with Crippen LogP contribution in [0.15, 0.2) is 18.2 Å². The second kappa shape index (κ2) is 7.66. The molecule has 1 amide bonds. The number of benzene rings is 1. The van der Waals surface area contributed by atoms with Crippen LogP contribution in [0.25, 0.3) is 10.9 Å². The van der Waals surface area contributed by atoms with Crippen molar-refractivity contribution in [2.45, 2.75) is 32.3 Å². The van der Waals surface area contributed by atoms with Gasteiger partial charge in [-0.25, -0.2) is 0 Å². The third-order valence-electron chi connectivity index (χ3n) is 4.52. The van der Waals surface area contributed by atoms with Crippen LogP contribution in [0.4, 0.5) is 0 Å². The number of likely N-dealkylation sites (tertiary alicyclic amines) is 1. The number of carbonyl (C=O) groups is 1. The summed E-state index contributed by atoms with van der Waals surface area (Å²) in [5, 5.41) is 11.8. The summed E-state index contributed by atoms with van der Waals surface area (Å²) < 4.78 is 6.14. The van der Waals surface area contributed by atoms with Crippen molar-refractivity contribution >= 4 is 16.8 Å². The number of H-pyrrole nitrogens is 1. The molecule has 6 nitrogen and oxygen atoms in total. The third kappa shape index (κ3) is 3.87. The molecule has 129 valence electrons. The molecule has 24 heavy (non-hydrogen) atoms. The van der Waals surface area contributed by atoms with Crippen LogP contribution < -0.4 is 10.1 Å². The zero-order chi connectivity index (χ0) is 16.9. The Balaban J connectivity index is 1.65. The van der Waals surface area contributed by atoms with Crippen LogP contribution in [0, 0.1) is 6.92 Å². The average molecular weight is 329 g/mol. The Morgan fingerprint density at radius 3 is 2.96 bits per heavy atom. The molecule has 2 N–H and O–H groups in total. The molecule has 0 aliphatic carbocycles. The molecule has 0 spiro atoms. The smallest absolute Gasteiger partial charge is 0.219 e. The molecule has 0 saturated carbocycles. The number of amides is 1. The van der Waals surface area contributed by atoms with Crippen LogP contribution in [0.3, 0.4) is 0 Å². The Morgan fingerprint density at radius 2 is 2.25 bits per heavy atom. The number of nitrogens with zero attached hydrogens (tertiary/aromatic N) is 2. The normalized spacial score (nSPS) is 15.8. The molecule has 1 aromatic heterocycles. The molecule has 1 saturated heterocycles. The highest BCUT2D eigenvalue weighted by Crippen LogP contribution is 2.25. The Bertz CT molecular complexity index is 689. The van der Waals surface area contributed by atoms with Crippen molar-refractivity contribution in [2.75, 3.05) is 26.2 Å². The van der Waals surface area contributed by atoms with Gasteiger partial charge in [-0.2, -0.15) is 5.10 Å². The maximum Gasteiger partial charge on any atom is 0.219 e. The first-order valence-electron chi connectivity index (χ1n) is 8.56. The van der Waals surface area contributed by atoms with Crippen molar-refractivity contribution in [3.8, 4) is 5.75 Å². The molecule has 0 unspecified atom stereocenters. The van der Waals surface area contributed by atoms with E-state index < -0.39 is 0 Å². The van der Waals surface area contributed by atoms with Gasteiger partial charge in [0.25, 0.3) is 0 Å². The molecule has 1 aliphatic heterocycles. The van der Waals surface area contributed by atoms with Crippen molar-refractivity contribution in [2.24, 2.45) is 0 Å². The number of rotatable bonds is 6. The SMILES string of the molecule is [CH2]CNCCc1n[nH]c2ccc(OC3CCN(C(C)=O)CC3)cc12. The van der Waals surface area contributed by atoms with Gasteiger partial charge in [-0.3, -0.25) is 9.89 Å². The van der Waals surface area contributed by atoms with Gasteiger partial charge in [0.1, 0.15) is 11.9 Å². The maximum atomic E-state index is 11.4. The lowest BCUT2D eigenvalue weighted by Crippen LogP contribution is -2.40. The Labute approximate surface area is 142 Å². The van der Waals surface area contributed by atoms with Gasteiger partial charge in [-0.05, 0) is 31.7 Å². The lowest BCUT2D eigenvalue weighted by molar-refractivity contribution is -0.130. The third-order valence-corrected chi connectivity index (χ3v) is 4.52. The summed E-state index contributed by atoms with van der Waals surface area (Å²) in [5.41, 5.74) is 2.07. The number of hydrogen-bond acceptors (Lipinski definition) is 4. The van der Waals surface area contributed by atoms with Gasteiger partial charge >= 0.3 is 0 Å². The number of ether oxygens (including phenoxy) is 1. The van der Waals surface area contributed by atoms with E-state index in [9.17, 15) is 4.79 Å². The van der Waals surface area contributed by atoms with Gasteiger partial charge in [0, 0.05) is 51.2 Å². The largest absolute Gasteiger partial charge is 0.490 e. The number of carbonyl (C=O) groups excluding carboxylic acids is 1. The molecule has 1 fully saturated rings. The van der Waals surface area contributed by atoms with Crippen molar-refractivity contribution < 1.29 is 9.53 Å². The van der Waals surface area contributed by atoms with E-state index in [1.165, 1.54) is 0 Å². The van der Waals surface area contributed by atoms with Crippen LogP contribution in [-0.4, -0.2) is 53.3 Å². The topological polar surface area (TPSA) is 70.2 Å². The van der Waals surface area contributed by atoms with E-state index in [-0.39, 0.29) is 12.0 Å². The number of aromatic nitrogens is 2. The molecule has 2 heterocycles. The van der Waals surface area contributed by atoms with Gasteiger partial charge in [-0.15, -0.1) is 0 Å². The van der Waals surface area contributed by atoms with E-state index in [0.29, 0.717) is 0 Å². The van der Waals surface area contributed by atoms with Crippen LogP contribution in [-0.2, 0) is 11.2 Å². The van der Waals surface area contributed by atoms with E-state index in [0.717, 1.165) is 67.8 Å². The summed E-state index contributed by atoms with van der Waals surface area (Å²) >= 11 is 0. The van der Waals surface area contributed by atoms with E-state index in [1.807, 2.05) is 17.0 Å². The van der Waals surface area contributed by atoms with E-state index in [1.54, 1.807) is 6.92 Å². The minimum absolute atomic E-state index is 0.147. The molecule has 1 radical (unpaired) electrons. The van der Waals surface area contributed by atoms with Gasteiger partial charge in [0.15, 0.2) is 0 Å². The molecule has 3 rings (SSSR count). The molecular weight excluding hydrogens is 304 g/mol. The highest BCUT2D eigenvalue weighted by Gasteiger charge is 2.22. The number of nitrogens with one attached hydrogen (secondary N) is 2. The number of aromatic amines is 1. The Morgan fingerprint density at radius 1 is 1.46 bits per heavy atom. The lowest BCUT2D eigenvalue weighted by Gasteiger charge is -2.31. The van der Waals surface area contributed by atoms with Gasteiger partial charge in [0.2, 0.25) is 5.91 Å².